The number of benzene rings is 1. The van der Waals surface area contributed by atoms with Crippen LogP contribution < -0.4 is 22.1 Å². The third-order valence-electron chi connectivity index (χ3n) is 2.58. The Labute approximate surface area is 128 Å². The van der Waals surface area contributed by atoms with Crippen LogP contribution in [0.5, 0.6) is 0 Å². The fourth-order valence-electron chi connectivity index (χ4n) is 1.61. The quantitative estimate of drug-likeness (QED) is 0.215. The van der Waals surface area contributed by atoms with Crippen LogP contribution in [0.1, 0.15) is 12.8 Å². The Morgan fingerprint density at radius 2 is 2.00 bits per heavy atom. The van der Waals surface area contributed by atoms with E-state index in [9.17, 15) is 4.79 Å². The molecule has 0 spiro atoms. The number of nitrogens with zero attached hydrogens (tertiary/aromatic N) is 1. The number of thiocarbonyl (C=S) groups is 1. The molecule has 0 aromatic heterocycles. The summed E-state index contributed by atoms with van der Waals surface area (Å²) in [6.45, 7) is 0.382. The molecule has 1 unspecified atom stereocenters. The molecule has 0 aliphatic rings. The molecule has 0 aliphatic heterocycles. The highest BCUT2D eigenvalue weighted by Crippen LogP contribution is 2.05. The Morgan fingerprint density at radius 1 is 1.33 bits per heavy atom. The second-order valence-electron chi connectivity index (χ2n) is 4.30. The number of aliphatic imine (C=N–C) groups is 1. The van der Waals surface area contributed by atoms with Crippen molar-refractivity contribution in [2.75, 3.05) is 11.9 Å². The van der Waals surface area contributed by atoms with E-state index in [1.165, 1.54) is 0 Å². The molecule has 1 rings (SSSR count). The van der Waals surface area contributed by atoms with Gasteiger partial charge in [0.05, 0.1) is 0 Å². The van der Waals surface area contributed by atoms with E-state index in [0.717, 1.165) is 5.69 Å². The summed E-state index contributed by atoms with van der Waals surface area (Å²) in [5, 5.41) is 15.1. The smallest absolute Gasteiger partial charge is 0.326 e. The molecule has 8 heteroatoms. The fraction of sp³-hybridized carbons (Fsp3) is 0.308. The highest BCUT2D eigenvalue weighted by molar-refractivity contribution is 7.80. The van der Waals surface area contributed by atoms with Gasteiger partial charge in [0.25, 0.3) is 0 Å². The molecule has 0 bridgehead atoms. The van der Waals surface area contributed by atoms with Crippen LogP contribution in [0.4, 0.5) is 5.69 Å². The van der Waals surface area contributed by atoms with Crippen molar-refractivity contribution < 1.29 is 9.90 Å². The molecular weight excluding hydrogens is 290 g/mol. The van der Waals surface area contributed by atoms with E-state index in [4.69, 9.17) is 28.8 Å². The molecule has 0 heterocycles. The zero-order chi connectivity index (χ0) is 15.7. The number of rotatable bonds is 7. The minimum atomic E-state index is -0.975. The molecule has 21 heavy (non-hydrogen) atoms. The molecule has 0 saturated carbocycles. The Balaban J connectivity index is 2.44. The Morgan fingerprint density at radius 3 is 2.57 bits per heavy atom. The van der Waals surface area contributed by atoms with Gasteiger partial charge in [0.2, 0.25) is 0 Å². The first-order valence-corrected chi connectivity index (χ1v) is 6.80. The van der Waals surface area contributed by atoms with Crippen LogP contribution in [0.2, 0.25) is 0 Å². The topological polar surface area (TPSA) is 126 Å². The van der Waals surface area contributed by atoms with Gasteiger partial charge in [-0.05, 0) is 37.2 Å². The lowest BCUT2D eigenvalue weighted by Gasteiger charge is -2.17. The number of para-hydroxylation sites is 1. The van der Waals surface area contributed by atoms with Crippen LogP contribution in [-0.2, 0) is 4.79 Å². The van der Waals surface area contributed by atoms with Crippen molar-refractivity contribution >= 4 is 34.9 Å². The van der Waals surface area contributed by atoms with Crippen molar-refractivity contribution in [3.63, 3.8) is 0 Å². The van der Waals surface area contributed by atoms with Crippen LogP contribution in [0, 0.1) is 0 Å². The third kappa shape index (κ3) is 7.11. The van der Waals surface area contributed by atoms with E-state index in [1.807, 2.05) is 30.3 Å². The summed E-state index contributed by atoms with van der Waals surface area (Å²) in [6.07, 6.45) is 0.901. The van der Waals surface area contributed by atoms with Crippen LogP contribution in [0.15, 0.2) is 35.3 Å². The van der Waals surface area contributed by atoms with Crippen LogP contribution in [0.25, 0.3) is 0 Å². The molecule has 1 aromatic rings. The molecular formula is C13H19N5O2S. The number of nitrogens with one attached hydrogen (secondary N) is 2. The van der Waals surface area contributed by atoms with Crippen LogP contribution in [-0.4, -0.2) is 34.7 Å². The molecule has 0 fully saturated rings. The summed E-state index contributed by atoms with van der Waals surface area (Å²) in [4.78, 5) is 15.0. The van der Waals surface area contributed by atoms with Crippen molar-refractivity contribution in [2.24, 2.45) is 16.5 Å². The highest BCUT2D eigenvalue weighted by Gasteiger charge is 2.17. The second-order valence-corrected chi connectivity index (χ2v) is 4.71. The number of guanidine groups is 1. The van der Waals surface area contributed by atoms with E-state index >= 15 is 0 Å². The summed E-state index contributed by atoms with van der Waals surface area (Å²) < 4.78 is 0. The number of hydrogen-bond donors (Lipinski definition) is 5. The highest BCUT2D eigenvalue weighted by atomic mass is 32.1. The average molecular weight is 309 g/mol. The van der Waals surface area contributed by atoms with Gasteiger partial charge in [-0.3, -0.25) is 4.99 Å². The third-order valence-corrected chi connectivity index (χ3v) is 2.80. The maximum absolute atomic E-state index is 11.2. The monoisotopic (exact) mass is 309 g/mol. The predicted octanol–water partition coefficient (Wildman–Crippen LogP) is 0.480. The van der Waals surface area contributed by atoms with Gasteiger partial charge >= 0.3 is 5.97 Å². The fourth-order valence-corrected chi connectivity index (χ4v) is 1.87. The first kappa shape index (κ1) is 16.7. The number of hydrogen-bond acceptors (Lipinski definition) is 3. The summed E-state index contributed by atoms with van der Waals surface area (Å²) >= 11 is 5.10. The molecule has 1 aromatic carbocycles. The van der Waals surface area contributed by atoms with Gasteiger partial charge in [0.1, 0.15) is 6.04 Å². The van der Waals surface area contributed by atoms with Gasteiger partial charge in [-0.25, -0.2) is 4.79 Å². The number of carboxylic acid groups (broad SMARTS) is 1. The first-order chi connectivity index (χ1) is 9.99. The molecule has 114 valence electrons. The lowest BCUT2D eigenvalue weighted by atomic mass is 10.1. The van der Waals surface area contributed by atoms with E-state index < -0.39 is 12.0 Å². The van der Waals surface area contributed by atoms with Crippen LogP contribution >= 0.6 is 12.2 Å². The SMILES string of the molecule is NC(N)=NCCCC(NC(=S)Nc1ccccc1)C(=O)O. The lowest BCUT2D eigenvalue weighted by Crippen LogP contribution is -2.42. The maximum atomic E-state index is 11.2. The Hall–Kier alpha value is -2.35. The Bertz CT molecular complexity index is 503. The van der Waals surface area contributed by atoms with E-state index in [0.29, 0.717) is 19.4 Å². The number of carboxylic acids is 1. The number of carbonyl (C=O) groups is 1. The molecule has 0 saturated heterocycles. The minimum Gasteiger partial charge on any atom is -0.480 e. The van der Waals surface area contributed by atoms with Gasteiger partial charge in [0.15, 0.2) is 11.1 Å². The number of aliphatic carboxylic acids is 1. The summed E-state index contributed by atoms with van der Waals surface area (Å²) in [5.41, 5.74) is 11.2. The predicted molar refractivity (Wildman–Crippen MR) is 87.1 cm³/mol. The van der Waals surface area contributed by atoms with Crippen molar-refractivity contribution in [3.8, 4) is 0 Å². The normalized spacial score (nSPS) is 11.2. The van der Waals surface area contributed by atoms with Gasteiger partial charge in [-0.15, -0.1) is 0 Å². The van der Waals surface area contributed by atoms with E-state index in [2.05, 4.69) is 15.6 Å². The molecule has 7 N–H and O–H groups in total. The van der Waals surface area contributed by atoms with E-state index in [1.54, 1.807) is 0 Å². The van der Waals surface area contributed by atoms with Gasteiger partial charge < -0.3 is 27.2 Å². The van der Waals surface area contributed by atoms with Gasteiger partial charge in [0, 0.05) is 12.2 Å². The molecule has 1 atom stereocenters. The second kappa shape index (κ2) is 8.75. The van der Waals surface area contributed by atoms with E-state index in [-0.39, 0.29) is 11.1 Å². The van der Waals surface area contributed by atoms with Crippen molar-refractivity contribution in [2.45, 2.75) is 18.9 Å². The van der Waals surface area contributed by atoms with Crippen molar-refractivity contribution in [3.05, 3.63) is 30.3 Å². The molecule has 7 nitrogen and oxygen atoms in total. The first-order valence-electron chi connectivity index (χ1n) is 6.40. The standard InChI is InChI=1S/C13H19N5O2S/c14-12(15)16-8-4-7-10(11(19)20)18-13(21)17-9-5-2-1-3-6-9/h1-3,5-6,10H,4,7-8H2,(H,19,20)(H4,14,15,16)(H2,17,18,21). The Kier molecular flexibility index (Phi) is 6.96. The summed E-state index contributed by atoms with van der Waals surface area (Å²) in [6, 6.07) is 8.47. The minimum absolute atomic E-state index is 0.00361. The number of anilines is 1. The number of nitrogens with two attached hydrogens (primary N) is 2. The summed E-state index contributed by atoms with van der Waals surface area (Å²) in [7, 11) is 0. The maximum Gasteiger partial charge on any atom is 0.326 e. The molecule has 0 radical (unpaired) electrons. The average Bonchev–Trinajstić information content (AvgIpc) is 2.42. The lowest BCUT2D eigenvalue weighted by molar-refractivity contribution is -0.139. The van der Waals surface area contributed by atoms with Gasteiger partial charge in [-0.2, -0.15) is 0 Å². The zero-order valence-corrected chi connectivity index (χ0v) is 12.3. The molecule has 0 amide bonds. The largest absolute Gasteiger partial charge is 0.480 e. The van der Waals surface area contributed by atoms with Crippen LogP contribution in [0.3, 0.4) is 0 Å². The zero-order valence-electron chi connectivity index (χ0n) is 11.5. The van der Waals surface area contributed by atoms with Crippen molar-refractivity contribution in [1.29, 1.82) is 0 Å². The van der Waals surface area contributed by atoms with Crippen molar-refractivity contribution in [1.82, 2.24) is 5.32 Å². The summed E-state index contributed by atoms with van der Waals surface area (Å²) in [5.74, 6) is -0.979. The van der Waals surface area contributed by atoms with Gasteiger partial charge in [-0.1, -0.05) is 18.2 Å². The molecule has 0 aliphatic carbocycles.